The zero-order chi connectivity index (χ0) is 25.5. The number of hydrogen-bond acceptors (Lipinski definition) is 4. The van der Waals surface area contributed by atoms with Crippen LogP contribution in [0.2, 0.25) is 0 Å². The van der Waals surface area contributed by atoms with Gasteiger partial charge in [-0.2, -0.15) is 0 Å². The van der Waals surface area contributed by atoms with Gasteiger partial charge in [-0.05, 0) is 51.6 Å². The maximum atomic E-state index is 12.6. The number of rotatable bonds is 0. The van der Waals surface area contributed by atoms with Crippen molar-refractivity contribution >= 4 is 0 Å². The van der Waals surface area contributed by atoms with Crippen molar-refractivity contribution in [2.75, 3.05) is 26.2 Å². The fraction of sp³-hybridized carbons (Fsp3) is 0.812. The highest BCUT2D eigenvalue weighted by molar-refractivity contribution is 5.28. The lowest BCUT2D eigenvalue weighted by atomic mass is 9.52. The van der Waals surface area contributed by atoms with Crippen LogP contribution in [0, 0.1) is 17.3 Å². The Balaban J connectivity index is 1.48. The molecule has 1 aliphatic carbocycles. The Hall–Kier alpha value is -0.980. The Labute approximate surface area is 224 Å². The molecule has 1 saturated carbocycles. The molecule has 0 aromatic heterocycles. The van der Waals surface area contributed by atoms with Crippen molar-refractivity contribution in [1.82, 2.24) is 4.90 Å². The van der Waals surface area contributed by atoms with Gasteiger partial charge in [0.05, 0.1) is 24.5 Å². The summed E-state index contributed by atoms with van der Waals surface area (Å²) >= 11 is 0. The Morgan fingerprint density at radius 1 is 0.811 bits per heavy atom. The molecule has 3 N–H and O–H groups in total. The van der Waals surface area contributed by atoms with E-state index in [2.05, 4.69) is 23.1 Å². The molecule has 3 spiro atoms. The normalized spacial score (nSPS) is 50.8. The lowest BCUT2D eigenvalue weighted by Gasteiger charge is -2.58. The zero-order valence-corrected chi connectivity index (χ0v) is 22.9. The minimum Gasteiger partial charge on any atom is -0.386 e. The number of aliphatic hydroxyl groups is 3. The zero-order valence-electron chi connectivity index (χ0n) is 22.9. The van der Waals surface area contributed by atoms with Gasteiger partial charge in [-0.1, -0.05) is 81.4 Å². The molecule has 7 unspecified atom stereocenters. The molecule has 5 nitrogen and oxygen atoms in total. The van der Waals surface area contributed by atoms with Gasteiger partial charge in [0.25, 0.3) is 0 Å². The van der Waals surface area contributed by atoms with Gasteiger partial charge in [0.2, 0.25) is 0 Å². The first-order chi connectivity index (χ1) is 18.1. The molecule has 9 atom stereocenters. The molecule has 0 radical (unpaired) electrons. The molecule has 0 aromatic rings. The molecular formula is C32H51N2O3+. The molecule has 0 aromatic carbocycles. The lowest BCUT2D eigenvalue weighted by Crippen LogP contribution is -2.77. The lowest BCUT2D eigenvalue weighted by molar-refractivity contribution is -1.00. The summed E-state index contributed by atoms with van der Waals surface area (Å²) in [6, 6.07) is 0.158. The van der Waals surface area contributed by atoms with E-state index in [1.807, 2.05) is 18.2 Å². The number of hydrogen-bond donors (Lipinski definition) is 3. The van der Waals surface area contributed by atoms with Gasteiger partial charge in [-0.25, -0.2) is 0 Å². The van der Waals surface area contributed by atoms with Crippen LogP contribution in [0.3, 0.4) is 0 Å². The second kappa shape index (κ2) is 10.5. The number of allylic oxidation sites excluding steroid dienone is 5. The molecule has 6 bridgehead atoms. The van der Waals surface area contributed by atoms with Gasteiger partial charge >= 0.3 is 0 Å². The van der Waals surface area contributed by atoms with E-state index in [1.165, 1.54) is 51.4 Å². The van der Waals surface area contributed by atoms with Crippen LogP contribution >= 0.6 is 0 Å². The minimum absolute atomic E-state index is 0.158. The number of aliphatic hydroxyl groups excluding tert-OH is 3. The Morgan fingerprint density at radius 2 is 1.59 bits per heavy atom. The van der Waals surface area contributed by atoms with Gasteiger partial charge in [0.15, 0.2) is 11.8 Å². The minimum atomic E-state index is -0.910. The van der Waals surface area contributed by atoms with Gasteiger partial charge < -0.3 is 15.3 Å². The summed E-state index contributed by atoms with van der Waals surface area (Å²) in [5.74, 6) is 0.932. The molecule has 6 aliphatic heterocycles. The maximum Gasteiger partial charge on any atom is 0.198 e. The molecular weight excluding hydrogens is 460 g/mol. The van der Waals surface area contributed by atoms with Gasteiger partial charge in [-0.15, -0.1) is 0 Å². The van der Waals surface area contributed by atoms with E-state index >= 15 is 0 Å². The van der Waals surface area contributed by atoms with E-state index in [-0.39, 0.29) is 11.5 Å². The summed E-state index contributed by atoms with van der Waals surface area (Å²) < 4.78 is 0.638. The Kier molecular flexibility index (Phi) is 7.48. The second-order valence-electron chi connectivity index (χ2n) is 13.4. The first-order valence-corrected chi connectivity index (χ1v) is 15.7. The van der Waals surface area contributed by atoms with Crippen molar-refractivity contribution in [3.05, 3.63) is 36.5 Å². The van der Waals surface area contributed by atoms with E-state index < -0.39 is 24.0 Å². The van der Waals surface area contributed by atoms with Crippen molar-refractivity contribution in [1.29, 1.82) is 0 Å². The highest BCUT2D eigenvalue weighted by Gasteiger charge is 2.89. The third-order valence-electron chi connectivity index (χ3n) is 11.8. The van der Waals surface area contributed by atoms with Crippen LogP contribution in [0.4, 0.5) is 0 Å². The van der Waals surface area contributed by atoms with Crippen LogP contribution < -0.4 is 0 Å². The average Bonchev–Trinajstić information content (AvgIpc) is 3.19. The molecule has 5 saturated heterocycles. The van der Waals surface area contributed by atoms with Crippen molar-refractivity contribution in [2.24, 2.45) is 17.3 Å². The van der Waals surface area contributed by atoms with Crippen LogP contribution in [0.15, 0.2) is 36.5 Å². The highest BCUT2D eigenvalue weighted by atomic mass is 16.3. The fourth-order valence-electron chi connectivity index (χ4n) is 10.7. The first kappa shape index (κ1) is 26.3. The third-order valence-corrected chi connectivity index (χ3v) is 11.8. The van der Waals surface area contributed by atoms with E-state index in [4.69, 9.17) is 0 Å². The van der Waals surface area contributed by atoms with Gasteiger partial charge in [0.1, 0.15) is 12.2 Å². The van der Waals surface area contributed by atoms with Crippen molar-refractivity contribution in [3.8, 4) is 0 Å². The summed E-state index contributed by atoms with van der Waals surface area (Å²) in [4.78, 5) is 2.72. The summed E-state index contributed by atoms with van der Waals surface area (Å²) in [5.41, 5.74) is -0.649. The SMILES string of the molecule is OC1C23CCCCCCCCCCN4CCC5C(C2)C[N+]12CCC/C=C\CC=C/C=C/[C@H](O)[C@@H](O)C52C43. The van der Waals surface area contributed by atoms with Crippen LogP contribution in [0.25, 0.3) is 0 Å². The van der Waals surface area contributed by atoms with Crippen LogP contribution in [0.5, 0.6) is 0 Å². The molecule has 7 aliphatic rings. The summed E-state index contributed by atoms with van der Waals surface area (Å²) in [6.07, 6.45) is 26.6. The predicted molar refractivity (Wildman–Crippen MR) is 148 cm³/mol. The fourth-order valence-corrected chi connectivity index (χ4v) is 10.7. The molecule has 6 heterocycles. The van der Waals surface area contributed by atoms with Crippen molar-refractivity contribution < 1.29 is 19.8 Å². The van der Waals surface area contributed by atoms with E-state index in [9.17, 15) is 15.3 Å². The van der Waals surface area contributed by atoms with Crippen LogP contribution in [0.1, 0.15) is 89.9 Å². The monoisotopic (exact) mass is 511 g/mol. The highest BCUT2D eigenvalue weighted by Crippen LogP contribution is 2.73. The topological polar surface area (TPSA) is 63.9 Å². The molecule has 0 amide bonds. The van der Waals surface area contributed by atoms with E-state index in [0.29, 0.717) is 16.3 Å². The van der Waals surface area contributed by atoms with Crippen LogP contribution in [-0.4, -0.2) is 80.9 Å². The van der Waals surface area contributed by atoms with E-state index in [0.717, 1.165) is 64.7 Å². The number of nitrogens with zero attached hydrogens (tertiary/aromatic N) is 2. The maximum absolute atomic E-state index is 12.6. The molecule has 6 fully saturated rings. The molecule has 37 heavy (non-hydrogen) atoms. The summed E-state index contributed by atoms with van der Waals surface area (Å²) in [6.45, 7) is 4.05. The van der Waals surface area contributed by atoms with Gasteiger partial charge in [-0.3, -0.25) is 9.38 Å². The smallest absolute Gasteiger partial charge is 0.198 e. The van der Waals surface area contributed by atoms with Crippen molar-refractivity contribution in [2.45, 2.75) is 120 Å². The third kappa shape index (κ3) is 3.89. The van der Waals surface area contributed by atoms with E-state index in [1.54, 1.807) is 0 Å². The molecule has 5 heteroatoms. The van der Waals surface area contributed by atoms with Gasteiger partial charge in [0, 0.05) is 18.3 Å². The van der Waals surface area contributed by atoms with Crippen LogP contribution in [-0.2, 0) is 0 Å². The standard InChI is InChI=1S/C32H51N2O3/c35-27-17-13-9-5-1-4-8-12-16-22-34-24-25-23-31(30(34)37)19-14-10-6-2-3-7-11-15-20-33-21-18-26(25)32(34,28(27)36)29(31)33/h4-5,8-9,13,17,25-30,35-37H,1-3,6-7,10-12,14-16,18-24H2/q+1/b8-4-,9-5?,17-13+/t25?,26?,27-,28+,29?,30?,31?,32?,34?/m0/s1. The molecule has 7 rings (SSSR count). The quantitative estimate of drug-likeness (QED) is 0.326. The second-order valence-corrected chi connectivity index (χ2v) is 13.4. The summed E-state index contributed by atoms with van der Waals surface area (Å²) in [7, 11) is 0. The number of quaternary nitrogens is 1. The van der Waals surface area contributed by atoms with Crippen molar-refractivity contribution in [3.63, 3.8) is 0 Å². The Morgan fingerprint density at radius 3 is 2.43 bits per heavy atom. The first-order valence-electron chi connectivity index (χ1n) is 15.7. The largest absolute Gasteiger partial charge is 0.386 e. The Bertz CT molecular complexity index is 902. The molecule has 206 valence electrons. The number of piperidine rings is 2. The summed E-state index contributed by atoms with van der Waals surface area (Å²) in [5, 5.41) is 36.5. The average molecular weight is 512 g/mol. The predicted octanol–water partition coefficient (Wildman–Crippen LogP) is 4.68.